The van der Waals surface area contributed by atoms with Gasteiger partial charge in [0.05, 0.1) is 12.5 Å². The number of rotatable bonds is 7. The fraction of sp³-hybridized carbons (Fsp3) is 0.250. The van der Waals surface area contributed by atoms with Crippen LogP contribution in [0.3, 0.4) is 0 Å². The quantitative estimate of drug-likeness (QED) is 0.655. The van der Waals surface area contributed by atoms with E-state index in [4.69, 9.17) is 4.74 Å². The Bertz CT molecular complexity index is 817. The topological polar surface area (TPSA) is 60.2 Å². The van der Waals surface area contributed by atoms with E-state index in [1.54, 1.807) is 15.9 Å². The van der Waals surface area contributed by atoms with Crippen molar-refractivity contribution in [3.8, 4) is 11.5 Å². The first-order valence-electron chi connectivity index (χ1n) is 8.51. The zero-order valence-corrected chi connectivity index (χ0v) is 14.9. The molecule has 3 aromatic rings. The van der Waals surface area contributed by atoms with Gasteiger partial charge in [-0.3, -0.25) is 9.48 Å². The first-order chi connectivity index (χ1) is 12.6. The Morgan fingerprint density at radius 2 is 1.81 bits per heavy atom. The molecule has 26 heavy (non-hydrogen) atoms. The van der Waals surface area contributed by atoms with Crippen molar-refractivity contribution in [2.45, 2.75) is 20.0 Å². The molecule has 6 nitrogen and oxygen atoms in total. The van der Waals surface area contributed by atoms with Crippen molar-refractivity contribution in [3.05, 3.63) is 72.8 Å². The van der Waals surface area contributed by atoms with Crippen molar-refractivity contribution in [2.75, 3.05) is 7.05 Å². The van der Waals surface area contributed by atoms with Gasteiger partial charge in [0, 0.05) is 13.6 Å². The molecule has 0 aliphatic rings. The van der Waals surface area contributed by atoms with Crippen molar-refractivity contribution in [2.24, 2.45) is 5.92 Å². The number of ether oxygens (including phenoxy) is 1. The van der Waals surface area contributed by atoms with Gasteiger partial charge in [0.15, 0.2) is 0 Å². The first-order valence-corrected chi connectivity index (χ1v) is 8.51. The van der Waals surface area contributed by atoms with Crippen molar-refractivity contribution in [1.82, 2.24) is 19.7 Å². The van der Waals surface area contributed by atoms with Crippen molar-refractivity contribution >= 4 is 5.91 Å². The molecule has 134 valence electrons. The number of carbonyl (C=O) groups is 1. The van der Waals surface area contributed by atoms with E-state index in [2.05, 4.69) is 10.1 Å². The Balaban J connectivity index is 1.55. The molecule has 0 bridgehead atoms. The Labute approximate surface area is 153 Å². The summed E-state index contributed by atoms with van der Waals surface area (Å²) in [5.41, 5.74) is 1.05. The molecule has 1 atom stereocenters. The van der Waals surface area contributed by atoms with Gasteiger partial charge in [0.1, 0.15) is 24.2 Å². The number of para-hydroxylation sites is 1. The van der Waals surface area contributed by atoms with E-state index in [1.165, 1.54) is 6.33 Å². The molecular formula is C20H22N4O2. The van der Waals surface area contributed by atoms with Gasteiger partial charge in [0.2, 0.25) is 5.91 Å². The average molecular weight is 350 g/mol. The van der Waals surface area contributed by atoms with Gasteiger partial charge >= 0.3 is 0 Å². The maximum atomic E-state index is 12.5. The standard InChI is InChI=1S/C20H22N4O2/c1-16(12-24-15-21-14-22-24)20(25)23(2)13-17-8-10-19(11-9-17)26-18-6-4-3-5-7-18/h3-11,14-16H,12-13H2,1-2H3. The summed E-state index contributed by atoms with van der Waals surface area (Å²) >= 11 is 0. The fourth-order valence-electron chi connectivity index (χ4n) is 2.70. The minimum absolute atomic E-state index is 0.0742. The highest BCUT2D eigenvalue weighted by atomic mass is 16.5. The Morgan fingerprint density at radius 3 is 2.46 bits per heavy atom. The van der Waals surface area contributed by atoms with Crippen LogP contribution in [0.4, 0.5) is 0 Å². The van der Waals surface area contributed by atoms with Crippen LogP contribution in [-0.4, -0.2) is 32.6 Å². The summed E-state index contributed by atoms with van der Waals surface area (Å²) < 4.78 is 7.46. The Kier molecular flexibility index (Phi) is 5.63. The molecular weight excluding hydrogens is 328 g/mol. The second-order valence-electron chi connectivity index (χ2n) is 6.27. The van der Waals surface area contributed by atoms with Gasteiger partial charge in [-0.1, -0.05) is 37.3 Å². The van der Waals surface area contributed by atoms with Crippen LogP contribution < -0.4 is 4.74 Å². The van der Waals surface area contributed by atoms with Crippen LogP contribution in [0.15, 0.2) is 67.3 Å². The summed E-state index contributed by atoms with van der Waals surface area (Å²) in [6.07, 6.45) is 3.09. The summed E-state index contributed by atoms with van der Waals surface area (Å²) in [4.78, 5) is 18.2. The number of hydrogen-bond donors (Lipinski definition) is 0. The third-order valence-electron chi connectivity index (χ3n) is 4.05. The number of benzene rings is 2. The van der Waals surface area contributed by atoms with Crippen LogP contribution in [0.5, 0.6) is 11.5 Å². The van der Waals surface area contributed by atoms with Gasteiger partial charge in [-0.15, -0.1) is 0 Å². The highest BCUT2D eigenvalue weighted by Crippen LogP contribution is 2.21. The molecule has 1 heterocycles. The molecule has 0 radical (unpaired) electrons. The van der Waals surface area contributed by atoms with Crippen LogP contribution in [-0.2, 0) is 17.9 Å². The largest absolute Gasteiger partial charge is 0.457 e. The van der Waals surface area contributed by atoms with Crippen molar-refractivity contribution in [1.29, 1.82) is 0 Å². The molecule has 0 saturated heterocycles. The summed E-state index contributed by atoms with van der Waals surface area (Å²) in [5.74, 6) is 1.48. The van der Waals surface area contributed by atoms with Crippen LogP contribution >= 0.6 is 0 Å². The Hall–Kier alpha value is -3.15. The van der Waals surface area contributed by atoms with Crippen LogP contribution in [0.1, 0.15) is 12.5 Å². The van der Waals surface area contributed by atoms with E-state index in [0.29, 0.717) is 13.1 Å². The monoisotopic (exact) mass is 350 g/mol. The van der Waals surface area contributed by atoms with Gasteiger partial charge in [-0.05, 0) is 29.8 Å². The lowest BCUT2D eigenvalue weighted by Crippen LogP contribution is -2.33. The SMILES string of the molecule is CC(Cn1cncn1)C(=O)N(C)Cc1ccc(Oc2ccccc2)cc1. The first kappa shape index (κ1) is 17.7. The lowest BCUT2D eigenvalue weighted by molar-refractivity contribution is -0.134. The highest BCUT2D eigenvalue weighted by Gasteiger charge is 2.18. The molecule has 0 fully saturated rings. The maximum Gasteiger partial charge on any atom is 0.227 e. The predicted molar refractivity (Wildman–Crippen MR) is 98.6 cm³/mol. The van der Waals surface area contributed by atoms with E-state index in [-0.39, 0.29) is 11.8 Å². The minimum atomic E-state index is -0.164. The third kappa shape index (κ3) is 4.69. The highest BCUT2D eigenvalue weighted by molar-refractivity contribution is 5.78. The molecule has 1 amide bonds. The van der Waals surface area contributed by atoms with Crippen LogP contribution in [0.2, 0.25) is 0 Å². The molecule has 1 unspecified atom stereocenters. The van der Waals surface area contributed by atoms with Crippen molar-refractivity contribution in [3.63, 3.8) is 0 Å². The lowest BCUT2D eigenvalue weighted by atomic mass is 10.1. The number of hydrogen-bond acceptors (Lipinski definition) is 4. The second-order valence-corrected chi connectivity index (χ2v) is 6.27. The number of carbonyl (C=O) groups excluding carboxylic acids is 1. The van der Waals surface area contributed by atoms with Crippen LogP contribution in [0, 0.1) is 5.92 Å². The fourth-order valence-corrected chi connectivity index (χ4v) is 2.70. The summed E-state index contributed by atoms with van der Waals surface area (Å²) in [6, 6.07) is 17.4. The molecule has 0 aliphatic carbocycles. The maximum absolute atomic E-state index is 12.5. The minimum Gasteiger partial charge on any atom is -0.457 e. The third-order valence-corrected chi connectivity index (χ3v) is 4.05. The van der Waals surface area contributed by atoms with E-state index in [1.807, 2.05) is 68.6 Å². The zero-order chi connectivity index (χ0) is 18.4. The summed E-state index contributed by atoms with van der Waals surface area (Å²) in [7, 11) is 1.81. The van der Waals surface area contributed by atoms with Gasteiger partial charge in [-0.2, -0.15) is 5.10 Å². The molecule has 0 saturated carbocycles. The average Bonchev–Trinajstić information content (AvgIpc) is 3.16. The smallest absolute Gasteiger partial charge is 0.227 e. The van der Waals surface area contributed by atoms with E-state index < -0.39 is 0 Å². The lowest BCUT2D eigenvalue weighted by Gasteiger charge is -2.21. The zero-order valence-electron chi connectivity index (χ0n) is 14.9. The van der Waals surface area contributed by atoms with E-state index in [9.17, 15) is 4.79 Å². The molecule has 1 aromatic heterocycles. The summed E-state index contributed by atoms with van der Waals surface area (Å²) in [6.45, 7) is 2.97. The second kappa shape index (κ2) is 8.29. The Morgan fingerprint density at radius 1 is 1.12 bits per heavy atom. The molecule has 6 heteroatoms. The van der Waals surface area contributed by atoms with Crippen LogP contribution in [0.25, 0.3) is 0 Å². The molecule has 0 aliphatic heterocycles. The molecule has 2 aromatic carbocycles. The normalized spacial score (nSPS) is 11.8. The summed E-state index contributed by atoms with van der Waals surface area (Å²) in [5, 5.41) is 4.05. The van der Waals surface area contributed by atoms with Gasteiger partial charge < -0.3 is 9.64 Å². The van der Waals surface area contributed by atoms with Gasteiger partial charge in [-0.25, -0.2) is 4.98 Å². The number of nitrogens with zero attached hydrogens (tertiary/aromatic N) is 4. The molecule has 3 rings (SSSR count). The molecule has 0 N–H and O–H groups in total. The number of aromatic nitrogens is 3. The number of amides is 1. The van der Waals surface area contributed by atoms with Crippen molar-refractivity contribution < 1.29 is 9.53 Å². The molecule has 0 spiro atoms. The van der Waals surface area contributed by atoms with E-state index in [0.717, 1.165) is 17.1 Å². The predicted octanol–water partition coefficient (Wildman–Crippen LogP) is 3.37. The van der Waals surface area contributed by atoms with Gasteiger partial charge in [0.25, 0.3) is 0 Å². The van der Waals surface area contributed by atoms with E-state index >= 15 is 0 Å².